The maximum atomic E-state index is 7.50. The summed E-state index contributed by atoms with van der Waals surface area (Å²) < 4.78 is 0. The summed E-state index contributed by atoms with van der Waals surface area (Å²) in [6, 6.07) is 64.7. The first-order valence-corrected chi connectivity index (χ1v) is 15.7. The Hall–Kier alpha value is -3.24. The third kappa shape index (κ3) is 9.94. The van der Waals surface area contributed by atoms with Gasteiger partial charge in [-0.15, -0.1) is 0 Å². The Labute approximate surface area is 271 Å². The third-order valence-corrected chi connectivity index (χ3v) is 11.0. The Balaban J connectivity index is 0.000000265. The molecule has 0 aromatic heterocycles. The number of carbonyl (C=O) groups excluding carboxylic acids is 1. The fourth-order valence-corrected chi connectivity index (χ4v) is 8.97. The van der Waals surface area contributed by atoms with Gasteiger partial charge in [-0.1, -0.05) is 182 Å². The van der Waals surface area contributed by atoms with Crippen molar-refractivity contribution in [1.82, 2.24) is 0 Å². The average Bonchev–Trinajstić information content (AvgIpc) is 3.06. The van der Waals surface area contributed by atoms with Gasteiger partial charge in [0.2, 0.25) is 0 Å². The summed E-state index contributed by atoms with van der Waals surface area (Å²) in [5.74, 6) is 0. The molecule has 6 aromatic carbocycles. The molecule has 0 saturated heterocycles. The Morgan fingerprint density at radius 1 is 0.286 bits per heavy atom. The van der Waals surface area contributed by atoms with Crippen molar-refractivity contribution in [2.45, 2.75) is 0 Å². The molecule has 0 amide bonds. The number of rotatable bonds is 6. The van der Waals surface area contributed by atoms with E-state index in [2.05, 4.69) is 189 Å². The van der Waals surface area contributed by atoms with Gasteiger partial charge < -0.3 is 12.4 Å². The number of hydrogen-bond donors (Lipinski definition) is 0. The fraction of sp³-hybridized carbons (Fsp3) is 0. The zero-order chi connectivity index (χ0) is 27.8. The van der Waals surface area contributed by atoms with E-state index in [-0.39, 0.29) is 31.9 Å². The van der Waals surface area contributed by atoms with Gasteiger partial charge >= 0.3 is 19.5 Å². The number of benzene rings is 6. The molecule has 0 atom stereocenters. The predicted molar refractivity (Wildman–Crippen MR) is 176 cm³/mol. The van der Waals surface area contributed by atoms with E-state index < -0.39 is 15.8 Å². The molecule has 6 rings (SSSR count). The van der Waals surface area contributed by atoms with Crippen LogP contribution in [0.3, 0.4) is 0 Å². The summed E-state index contributed by atoms with van der Waals surface area (Å²) in [5.41, 5.74) is 0. The summed E-state index contributed by atoms with van der Waals surface area (Å²) in [6.45, 7) is 4.50. The molecule has 1 nitrogen and oxygen atoms in total. The zero-order valence-corrected chi connectivity index (χ0v) is 27.0. The van der Waals surface area contributed by atoms with Crippen molar-refractivity contribution in [2.24, 2.45) is 0 Å². The summed E-state index contributed by atoms with van der Waals surface area (Å²) in [4.78, 5) is 7.50. The van der Waals surface area contributed by atoms with E-state index in [4.69, 9.17) is 4.79 Å². The zero-order valence-electron chi connectivity index (χ0n) is 22.8. The smallest absolute Gasteiger partial charge is 1.00 e. The molecule has 0 saturated carbocycles. The van der Waals surface area contributed by atoms with E-state index in [1.807, 2.05) is 0 Å². The van der Waals surface area contributed by atoms with Gasteiger partial charge in [0.25, 0.3) is 6.79 Å². The summed E-state index contributed by atoms with van der Waals surface area (Å²) >= 11 is 0. The van der Waals surface area contributed by atoms with Crippen molar-refractivity contribution < 1.29 is 36.7 Å². The van der Waals surface area contributed by atoms with Crippen LogP contribution in [0.1, 0.15) is 0 Å². The van der Waals surface area contributed by atoms with Crippen molar-refractivity contribution in [2.75, 3.05) is 0 Å². The molecule has 2 radical (unpaired) electrons. The molecule has 0 N–H and O–H groups in total. The second-order valence-electron chi connectivity index (χ2n) is 8.68. The van der Waals surface area contributed by atoms with Gasteiger partial charge in [0, 0.05) is 0 Å². The van der Waals surface area contributed by atoms with Crippen LogP contribution in [0.5, 0.6) is 0 Å². The topological polar surface area (TPSA) is 17.1 Å². The summed E-state index contributed by atoms with van der Waals surface area (Å²) in [7, 11) is -0.892. The number of hydrogen-bond acceptors (Lipinski definition) is 1. The van der Waals surface area contributed by atoms with Crippen molar-refractivity contribution in [3.8, 4) is 0 Å². The first kappa shape index (κ1) is 35.0. The van der Waals surface area contributed by atoms with Crippen LogP contribution in [0, 0.1) is 0 Å². The molecule has 0 fully saturated rings. The van der Waals surface area contributed by atoms with Crippen LogP contribution in [-0.4, -0.2) is 6.79 Å². The van der Waals surface area contributed by atoms with Gasteiger partial charge in [-0.25, -0.2) is 0 Å². The maximum Gasteiger partial charge on any atom is 1.00 e. The molecule has 5 heteroatoms. The minimum Gasteiger partial charge on any atom is -1.00 e. The van der Waals surface area contributed by atoms with Crippen LogP contribution in [0.4, 0.5) is 0 Å². The van der Waals surface area contributed by atoms with E-state index in [1.165, 1.54) is 31.8 Å². The quantitative estimate of drug-likeness (QED) is 0.193. The maximum absolute atomic E-state index is 7.50. The van der Waals surface area contributed by atoms with E-state index in [1.54, 1.807) is 0 Å². The molecule has 42 heavy (non-hydrogen) atoms. The Bertz CT molecular complexity index is 1200. The van der Waals surface area contributed by atoms with E-state index >= 15 is 0 Å². The molecule has 0 unspecified atom stereocenters. The van der Waals surface area contributed by atoms with Crippen LogP contribution >= 0.6 is 15.8 Å². The molecule has 0 aliphatic rings. The number of halogens is 1. The molecule has 6 aromatic rings. The molecule has 0 bridgehead atoms. The normalized spacial score (nSPS) is 9.67. The van der Waals surface area contributed by atoms with Crippen LogP contribution < -0.4 is 44.2 Å². The van der Waals surface area contributed by atoms with E-state index in [0.717, 1.165) is 0 Å². The van der Waals surface area contributed by atoms with Crippen molar-refractivity contribution >= 4 is 54.5 Å². The molecular formula is C37H30ClOP2Rh. The van der Waals surface area contributed by atoms with Gasteiger partial charge in [-0.05, 0) is 47.7 Å². The first-order chi connectivity index (χ1) is 19.9. The standard InChI is InChI=1S/2C18H15P.CO.ClH.Rh/c2*1-4-10-16(11-5-1)19(17-12-6-2-7-13-17)18-14-8-3-9-15-18;1-2;;/h2*1-15H;;1H;/q;;;;+1/p-1. The second-order valence-corrected chi connectivity index (χ2v) is 13.1. The molecule has 0 aliphatic carbocycles. The predicted octanol–water partition coefficient (Wildman–Crippen LogP) is 3.49. The molecule has 0 spiro atoms. The monoisotopic (exact) mass is 690 g/mol. The molecular weight excluding hydrogens is 661 g/mol. The van der Waals surface area contributed by atoms with Gasteiger partial charge in [-0.2, -0.15) is 0 Å². The Morgan fingerprint density at radius 2 is 0.405 bits per heavy atom. The van der Waals surface area contributed by atoms with Gasteiger partial charge in [0.15, 0.2) is 0 Å². The van der Waals surface area contributed by atoms with Crippen LogP contribution in [0.2, 0.25) is 0 Å². The Morgan fingerprint density at radius 3 is 0.524 bits per heavy atom. The van der Waals surface area contributed by atoms with Crippen LogP contribution in [0.15, 0.2) is 182 Å². The van der Waals surface area contributed by atoms with E-state index in [9.17, 15) is 0 Å². The fourth-order valence-electron chi connectivity index (χ4n) is 4.36. The van der Waals surface area contributed by atoms with Crippen molar-refractivity contribution in [3.63, 3.8) is 0 Å². The summed E-state index contributed by atoms with van der Waals surface area (Å²) in [6.07, 6.45) is 0. The minimum atomic E-state index is -0.446. The van der Waals surface area contributed by atoms with Crippen molar-refractivity contribution in [3.05, 3.63) is 182 Å². The molecule has 210 valence electrons. The SMILES string of the molecule is [C]=O.[Cl-].[Rh+].c1ccc(P(c2ccccc2)c2ccccc2)cc1.c1ccc(P(c2ccccc2)c2ccccc2)cc1. The molecule has 0 heterocycles. The first-order valence-electron chi connectivity index (χ1n) is 13.0. The third-order valence-electron chi connectivity index (χ3n) is 6.09. The van der Waals surface area contributed by atoms with Gasteiger partial charge in [-0.3, -0.25) is 4.79 Å². The van der Waals surface area contributed by atoms with Crippen molar-refractivity contribution in [1.29, 1.82) is 0 Å². The average molecular weight is 691 g/mol. The van der Waals surface area contributed by atoms with Crippen LogP contribution in [0.25, 0.3) is 0 Å². The largest absolute Gasteiger partial charge is 1.00 e. The van der Waals surface area contributed by atoms with E-state index in [0.29, 0.717) is 0 Å². The van der Waals surface area contributed by atoms with Crippen LogP contribution in [-0.2, 0) is 24.3 Å². The second kappa shape index (κ2) is 19.8. The van der Waals surface area contributed by atoms with Gasteiger partial charge in [0.05, 0.1) is 0 Å². The summed E-state index contributed by atoms with van der Waals surface area (Å²) in [5, 5.41) is 8.39. The van der Waals surface area contributed by atoms with Gasteiger partial charge in [0.1, 0.15) is 0 Å². The molecule has 0 aliphatic heterocycles. The minimum absolute atomic E-state index is 0. The Kier molecular flexibility index (Phi) is 16.5.